The van der Waals surface area contributed by atoms with E-state index in [0.29, 0.717) is 0 Å². The number of carbonyl (C=O) groups is 2. The highest BCUT2D eigenvalue weighted by Gasteiger charge is 2.49. The van der Waals surface area contributed by atoms with Gasteiger partial charge in [-0.1, -0.05) is 41.5 Å². The first-order valence-electron chi connectivity index (χ1n) is 9.67. The fraction of sp³-hybridized carbons (Fsp3) is 0.429. The molecular weight excluding hydrogens is 406 g/mol. The van der Waals surface area contributed by atoms with Crippen LogP contribution in [0.2, 0.25) is 0 Å². The number of rotatable bonds is 7. The largest absolute Gasteiger partial charge is 0.459 e. The summed E-state index contributed by atoms with van der Waals surface area (Å²) in [6, 6.07) is 12.5. The number of carbonyl (C=O) groups excluding carboxylic acids is 2. The van der Waals surface area contributed by atoms with Crippen molar-refractivity contribution in [3.05, 3.63) is 58.5 Å². The highest BCUT2D eigenvalue weighted by molar-refractivity contribution is 5.82. The van der Waals surface area contributed by atoms with E-state index in [4.69, 9.17) is 24.5 Å². The molecule has 1 aliphatic rings. The number of nitrogens with zero attached hydrogens (tertiary/aromatic N) is 3. The van der Waals surface area contributed by atoms with Gasteiger partial charge in [0.05, 0.1) is 13.2 Å². The molecule has 0 aromatic heterocycles. The van der Waals surface area contributed by atoms with Crippen LogP contribution >= 0.6 is 0 Å². The van der Waals surface area contributed by atoms with Crippen LogP contribution in [0.15, 0.2) is 47.6 Å². The van der Waals surface area contributed by atoms with Crippen LogP contribution in [0.25, 0.3) is 21.2 Å². The van der Waals surface area contributed by atoms with Crippen LogP contribution in [0.3, 0.4) is 0 Å². The average molecular weight is 429 g/mol. The molecule has 2 aromatic rings. The molecule has 5 atom stereocenters. The van der Waals surface area contributed by atoms with Gasteiger partial charge >= 0.3 is 11.9 Å². The van der Waals surface area contributed by atoms with Gasteiger partial charge in [0.15, 0.2) is 0 Å². The van der Waals surface area contributed by atoms with Gasteiger partial charge in [0.1, 0.15) is 24.4 Å². The number of aliphatic hydroxyl groups excluding tert-OH is 1. The smallest absolute Gasteiger partial charge is 0.304 e. The summed E-state index contributed by atoms with van der Waals surface area (Å²) in [6.07, 6.45) is -4.43. The molecule has 0 aliphatic carbocycles. The first-order valence-corrected chi connectivity index (χ1v) is 9.67. The fourth-order valence-corrected chi connectivity index (χ4v) is 3.53. The fourth-order valence-electron chi connectivity index (χ4n) is 3.53. The molecule has 164 valence electrons. The second kappa shape index (κ2) is 10.2. The second-order valence-electron chi connectivity index (χ2n) is 7.06. The number of ether oxygens (including phenoxy) is 4. The Balaban J connectivity index is 1.87. The molecule has 31 heavy (non-hydrogen) atoms. The van der Waals surface area contributed by atoms with Crippen molar-refractivity contribution in [2.45, 2.75) is 51.1 Å². The molecule has 1 aliphatic heterocycles. The Bertz CT molecular complexity index is 992. The molecule has 1 unspecified atom stereocenters. The summed E-state index contributed by atoms with van der Waals surface area (Å²) >= 11 is 0. The monoisotopic (exact) mass is 429 g/mol. The van der Waals surface area contributed by atoms with Gasteiger partial charge in [-0.2, -0.15) is 0 Å². The van der Waals surface area contributed by atoms with Gasteiger partial charge in [0.2, 0.25) is 6.29 Å². The van der Waals surface area contributed by atoms with E-state index in [-0.39, 0.29) is 6.61 Å². The van der Waals surface area contributed by atoms with Crippen LogP contribution in [-0.4, -0.2) is 54.3 Å². The molecule has 0 saturated carbocycles. The van der Waals surface area contributed by atoms with Crippen molar-refractivity contribution < 1.29 is 33.6 Å². The molecule has 0 radical (unpaired) electrons. The van der Waals surface area contributed by atoms with Crippen molar-refractivity contribution in [3.63, 3.8) is 0 Å². The maximum absolute atomic E-state index is 11.7. The first-order chi connectivity index (χ1) is 14.9. The van der Waals surface area contributed by atoms with Crippen molar-refractivity contribution in [3.8, 4) is 0 Å². The quantitative estimate of drug-likeness (QED) is 0.309. The van der Waals surface area contributed by atoms with Gasteiger partial charge in [-0.15, -0.1) is 0 Å². The number of esters is 2. The molecular formula is C21H23N3O7. The van der Waals surface area contributed by atoms with Gasteiger partial charge in [0, 0.05) is 18.8 Å². The third-order valence-corrected chi connectivity index (χ3v) is 4.82. The molecule has 10 nitrogen and oxygen atoms in total. The summed E-state index contributed by atoms with van der Waals surface area (Å²) in [5.74, 6) is -1.33. The van der Waals surface area contributed by atoms with Crippen LogP contribution in [0, 0.1) is 0 Å². The van der Waals surface area contributed by atoms with Gasteiger partial charge in [0.25, 0.3) is 0 Å². The van der Waals surface area contributed by atoms with E-state index in [0.717, 1.165) is 23.3 Å². The maximum Gasteiger partial charge on any atom is 0.304 e. The third-order valence-electron chi connectivity index (χ3n) is 4.82. The molecule has 1 heterocycles. The Hall–Kier alpha value is -3.17. The third kappa shape index (κ3) is 5.50. The molecule has 1 fully saturated rings. The summed E-state index contributed by atoms with van der Waals surface area (Å²) in [6.45, 7) is 1.97. The number of fused-ring (bicyclic) bond motifs is 1. The zero-order valence-electron chi connectivity index (χ0n) is 17.1. The Labute approximate surface area is 178 Å². The van der Waals surface area contributed by atoms with Crippen molar-refractivity contribution in [2.24, 2.45) is 5.11 Å². The summed E-state index contributed by atoms with van der Waals surface area (Å²) in [5, 5.41) is 15.5. The number of aliphatic hydroxyl groups is 1. The van der Waals surface area contributed by atoms with Crippen LogP contribution in [-0.2, 0) is 35.1 Å². The molecule has 3 rings (SSSR count). The molecule has 0 amide bonds. The summed E-state index contributed by atoms with van der Waals surface area (Å²) in [7, 11) is 0. The molecule has 10 heteroatoms. The van der Waals surface area contributed by atoms with Gasteiger partial charge in [-0.05, 0) is 27.9 Å². The van der Waals surface area contributed by atoms with E-state index in [9.17, 15) is 14.7 Å². The van der Waals surface area contributed by atoms with Crippen LogP contribution in [0.1, 0.15) is 19.4 Å². The Morgan fingerprint density at radius 2 is 1.81 bits per heavy atom. The molecule has 1 saturated heterocycles. The zero-order valence-corrected chi connectivity index (χ0v) is 17.1. The lowest BCUT2D eigenvalue weighted by molar-refractivity contribution is -0.271. The highest BCUT2D eigenvalue weighted by atomic mass is 16.7. The standard InChI is InChI=1S/C21H23N3O7/c1-12(26)29-20-18(23-24-22)21(30-13(2)27)31-17(10-25)19(20)28-11-14-7-8-15-5-3-4-6-16(15)9-14/h3-9,17-21,25H,10-11H2,1-2H3/t17-,18-,19-,20-,21?/m1/s1. The minimum atomic E-state index is -1.34. The normalized spacial score (nSPS) is 25.5. The molecule has 2 aromatic carbocycles. The molecule has 0 spiro atoms. The number of hydrogen-bond donors (Lipinski definition) is 1. The minimum Gasteiger partial charge on any atom is -0.459 e. The predicted molar refractivity (Wildman–Crippen MR) is 109 cm³/mol. The van der Waals surface area contributed by atoms with Gasteiger partial charge < -0.3 is 24.1 Å². The van der Waals surface area contributed by atoms with Crippen LogP contribution in [0.4, 0.5) is 0 Å². The number of azide groups is 1. The Kier molecular flexibility index (Phi) is 7.43. The zero-order chi connectivity index (χ0) is 22.4. The highest BCUT2D eigenvalue weighted by Crippen LogP contribution is 2.30. The van der Waals surface area contributed by atoms with Gasteiger partial charge in [-0.3, -0.25) is 9.59 Å². The second-order valence-corrected chi connectivity index (χ2v) is 7.06. The van der Waals surface area contributed by atoms with Crippen molar-refractivity contribution in [1.29, 1.82) is 0 Å². The van der Waals surface area contributed by atoms with Crippen molar-refractivity contribution in [2.75, 3.05) is 6.61 Å². The first kappa shape index (κ1) is 22.5. The maximum atomic E-state index is 11.7. The van der Waals surface area contributed by atoms with E-state index in [1.807, 2.05) is 42.5 Å². The summed E-state index contributed by atoms with van der Waals surface area (Å²) in [5.41, 5.74) is 9.82. The van der Waals surface area contributed by atoms with Crippen molar-refractivity contribution in [1.82, 2.24) is 0 Å². The number of hydrogen-bond acceptors (Lipinski definition) is 8. The average Bonchev–Trinajstić information content (AvgIpc) is 2.74. The van der Waals surface area contributed by atoms with Crippen molar-refractivity contribution >= 4 is 22.7 Å². The molecule has 1 N–H and O–H groups in total. The Morgan fingerprint density at radius 3 is 2.45 bits per heavy atom. The van der Waals surface area contributed by atoms with E-state index in [1.165, 1.54) is 6.92 Å². The summed E-state index contributed by atoms with van der Waals surface area (Å²) in [4.78, 5) is 25.9. The number of benzene rings is 2. The topological polar surface area (TPSA) is 140 Å². The molecule has 0 bridgehead atoms. The lowest BCUT2D eigenvalue weighted by atomic mass is 9.96. The van der Waals surface area contributed by atoms with Crippen LogP contribution < -0.4 is 0 Å². The predicted octanol–water partition coefficient (Wildman–Crippen LogP) is 2.62. The lowest BCUT2D eigenvalue weighted by Crippen LogP contribution is -2.60. The minimum absolute atomic E-state index is 0.119. The Morgan fingerprint density at radius 1 is 1.10 bits per heavy atom. The van der Waals surface area contributed by atoms with E-state index in [2.05, 4.69) is 10.0 Å². The SMILES string of the molecule is CC(=O)OC1O[C@H](CO)[C@@H](OCc2ccc3ccccc3c2)[C@H](OC(C)=O)[C@H]1N=[N+]=[N-]. The summed E-state index contributed by atoms with van der Waals surface area (Å²) < 4.78 is 22.0. The van der Waals surface area contributed by atoms with E-state index >= 15 is 0 Å². The lowest BCUT2D eigenvalue weighted by Gasteiger charge is -2.43. The van der Waals surface area contributed by atoms with Crippen LogP contribution in [0.5, 0.6) is 0 Å². The van der Waals surface area contributed by atoms with E-state index < -0.39 is 49.2 Å². The van der Waals surface area contributed by atoms with E-state index in [1.54, 1.807) is 0 Å². The van der Waals surface area contributed by atoms with Gasteiger partial charge in [-0.25, -0.2) is 0 Å².